The molecule has 2 aromatic rings. The van der Waals surface area contributed by atoms with Crippen LogP contribution in [0.4, 0.5) is 0 Å². The van der Waals surface area contributed by atoms with Crippen molar-refractivity contribution < 1.29 is 14.7 Å². The van der Waals surface area contributed by atoms with Crippen molar-refractivity contribution in [2.24, 2.45) is 0 Å². The number of ketones is 1. The zero-order chi connectivity index (χ0) is 14.7. The summed E-state index contributed by atoms with van der Waals surface area (Å²) in [6.45, 7) is -0.221. The summed E-state index contributed by atoms with van der Waals surface area (Å²) in [6.07, 6.45) is 1.15. The van der Waals surface area contributed by atoms with Gasteiger partial charge >= 0.3 is 5.97 Å². The second-order valence-corrected chi connectivity index (χ2v) is 4.56. The monoisotopic (exact) mass is 291 g/mol. The highest BCUT2D eigenvalue weighted by molar-refractivity contribution is 6.30. The van der Waals surface area contributed by atoms with Gasteiger partial charge in [0, 0.05) is 22.8 Å². The molecule has 1 aromatic carbocycles. The number of carboxylic acids is 1. The smallest absolute Gasteiger partial charge is 0.337 e. The van der Waals surface area contributed by atoms with E-state index in [9.17, 15) is 14.4 Å². The summed E-state index contributed by atoms with van der Waals surface area (Å²) >= 11 is 5.73. The van der Waals surface area contributed by atoms with Crippen LogP contribution in [0.3, 0.4) is 0 Å². The lowest BCUT2D eigenvalue weighted by Gasteiger charge is -2.06. The molecule has 102 valence electrons. The Labute approximate surface area is 119 Å². The number of halogens is 1. The van der Waals surface area contributed by atoms with Gasteiger partial charge in [0.05, 0.1) is 12.1 Å². The van der Waals surface area contributed by atoms with Crippen LogP contribution in [0.2, 0.25) is 5.02 Å². The van der Waals surface area contributed by atoms with Gasteiger partial charge in [-0.25, -0.2) is 4.79 Å². The topological polar surface area (TPSA) is 76.4 Å². The predicted octanol–water partition coefficient (Wildman–Crippen LogP) is 2.08. The first-order valence-electron chi connectivity index (χ1n) is 5.70. The molecule has 0 saturated heterocycles. The minimum absolute atomic E-state index is 0.0477. The van der Waals surface area contributed by atoms with Gasteiger partial charge in [0.15, 0.2) is 5.78 Å². The molecule has 0 saturated carbocycles. The van der Waals surface area contributed by atoms with Crippen molar-refractivity contribution >= 4 is 23.4 Å². The van der Waals surface area contributed by atoms with Crippen LogP contribution < -0.4 is 5.56 Å². The van der Waals surface area contributed by atoms with Gasteiger partial charge in [-0.1, -0.05) is 11.6 Å². The maximum atomic E-state index is 12.0. The Morgan fingerprint density at radius 3 is 2.25 bits per heavy atom. The van der Waals surface area contributed by atoms with E-state index in [0.717, 1.165) is 16.8 Å². The molecule has 0 aliphatic rings. The lowest BCUT2D eigenvalue weighted by molar-refractivity contribution is 0.0694. The van der Waals surface area contributed by atoms with Gasteiger partial charge in [0.2, 0.25) is 0 Å². The minimum atomic E-state index is -1.15. The number of carbonyl (C=O) groups excluding carboxylic acids is 1. The van der Waals surface area contributed by atoms with Gasteiger partial charge in [-0.2, -0.15) is 0 Å². The van der Waals surface area contributed by atoms with E-state index in [1.165, 1.54) is 6.07 Å². The number of hydrogen-bond acceptors (Lipinski definition) is 3. The summed E-state index contributed by atoms with van der Waals surface area (Å²) in [5.74, 6) is -1.45. The summed E-state index contributed by atoms with van der Waals surface area (Å²) in [5.41, 5.74) is -0.0761. The Kier molecular flexibility index (Phi) is 4.00. The van der Waals surface area contributed by atoms with E-state index in [1.54, 1.807) is 24.3 Å². The third-order valence-electron chi connectivity index (χ3n) is 2.71. The molecule has 0 atom stereocenters. The fourth-order valence-electron chi connectivity index (χ4n) is 1.66. The van der Waals surface area contributed by atoms with Gasteiger partial charge in [-0.15, -0.1) is 0 Å². The summed E-state index contributed by atoms with van der Waals surface area (Å²) in [7, 11) is 0. The Morgan fingerprint density at radius 2 is 1.65 bits per heavy atom. The normalized spacial score (nSPS) is 10.2. The molecule has 0 amide bonds. The van der Waals surface area contributed by atoms with Crippen molar-refractivity contribution in [1.82, 2.24) is 4.57 Å². The number of aromatic nitrogens is 1. The van der Waals surface area contributed by atoms with E-state index in [4.69, 9.17) is 16.7 Å². The lowest BCUT2D eigenvalue weighted by atomic mass is 10.1. The van der Waals surface area contributed by atoms with Crippen LogP contribution in [0.15, 0.2) is 47.4 Å². The van der Waals surface area contributed by atoms with Crippen molar-refractivity contribution in [3.05, 3.63) is 69.1 Å². The SMILES string of the molecule is O=C(O)c1ccc(=O)n(CC(=O)c2ccc(Cl)cc2)c1. The standard InChI is InChI=1S/C14H10ClNO4/c15-11-4-1-9(2-5-11)12(17)8-16-7-10(14(19)20)3-6-13(16)18/h1-7H,8H2,(H,19,20). The van der Waals surface area contributed by atoms with E-state index in [0.29, 0.717) is 10.6 Å². The van der Waals surface area contributed by atoms with E-state index < -0.39 is 11.5 Å². The van der Waals surface area contributed by atoms with Gasteiger partial charge < -0.3 is 9.67 Å². The number of nitrogens with zero attached hydrogens (tertiary/aromatic N) is 1. The summed E-state index contributed by atoms with van der Waals surface area (Å²) in [5, 5.41) is 9.37. The zero-order valence-corrected chi connectivity index (χ0v) is 11.0. The Balaban J connectivity index is 2.27. The molecular formula is C14H10ClNO4. The molecule has 0 unspecified atom stereocenters. The highest BCUT2D eigenvalue weighted by Crippen LogP contribution is 2.10. The zero-order valence-electron chi connectivity index (χ0n) is 10.2. The van der Waals surface area contributed by atoms with Crippen LogP contribution in [0, 0.1) is 0 Å². The maximum absolute atomic E-state index is 12.0. The highest BCUT2D eigenvalue weighted by Gasteiger charge is 2.10. The first kappa shape index (κ1) is 14.0. The number of aromatic carboxylic acids is 1. The van der Waals surface area contributed by atoms with Crippen LogP contribution in [-0.2, 0) is 6.54 Å². The molecule has 0 aliphatic heterocycles. The van der Waals surface area contributed by atoms with Crippen LogP contribution >= 0.6 is 11.6 Å². The first-order valence-corrected chi connectivity index (χ1v) is 6.08. The van der Waals surface area contributed by atoms with Crippen molar-refractivity contribution in [1.29, 1.82) is 0 Å². The van der Waals surface area contributed by atoms with Crippen molar-refractivity contribution in [2.45, 2.75) is 6.54 Å². The summed E-state index contributed by atoms with van der Waals surface area (Å²) in [4.78, 5) is 34.5. The molecular weight excluding hydrogens is 282 g/mol. The molecule has 0 fully saturated rings. The van der Waals surface area contributed by atoms with Crippen LogP contribution in [0.25, 0.3) is 0 Å². The molecule has 0 aliphatic carbocycles. The average Bonchev–Trinajstić information content (AvgIpc) is 2.41. The van der Waals surface area contributed by atoms with Crippen LogP contribution in [0.5, 0.6) is 0 Å². The molecule has 20 heavy (non-hydrogen) atoms. The Hall–Kier alpha value is -2.40. The van der Waals surface area contributed by atoms with Gasteiger partial charge in [-0.05, 0) is 30.3 Å². The number of carbonyl (C=O) groups is 2. The summed E-state index contributed by atoms with van der Waals surface area (Å²) in [6, 6.07) is 8.58. The molecule has 2 rings (SSSR count). The molecule has 1 aromatic heterocycles. The van der Waals surface area contributed by atoms with Gasteiger partial charge in [-0.3, -0.25) is 9.59 Å². The molecule has 0 spiro atoms. The number of pyridine rings is 1. The molecule has 1 N–H and O–H groups in total. The molecule has 5 nitrogen and oxygen atoms in total. The Morgan fingerprint density at radius 1 is 1.05 bits per heavy atom. The number of carboxylic acid groups (broad SMARTS) is 1. The lowest BCUT2D eigenvalue weighted by Crippen LogP contribution is -2.24. The molecule has 6 heteroatoms. The largest absolute Gasteiger partial charge is 0.478 e. The Bertz CT molecular complexity index is 719. The summed E-state index contributed by atoms with van der Waals surface area (Å²) < 4.78 is 1.07. The average molecular weight is 292 g/mol. The first-order chi connectivity index (χ1) is 9.47. The van der Waals surface area contributed by atoms with Crippen molar-refractivity contribution in [3.8, 4) is 0 Å². The molecule has 0 bridgehead atoms. The van der Waals surface area contributed by atoms with Gasteiger partial charge in [0.25, 0.3) is 5.56 Å². The predicted molar refractivity (Wildman–Crippen MR) is 73.4 cm³/mol. The second kappa shape index (κ2) is 5.71. The van der Waals surface area contributed by atoms with E-state index in [2.05, 4.69) is 0 Å². The second-order valence-electron chi connectivity index (χ2n) is 4.12. The van der Waals surface area contributed by atoms with E-state index in [-0.39, 0.29) is 17.9 Å². The van der Waals surface area contributed by atoms with Crippen LogP contribution in [-0.4, -0.2) is 21.4 Å². The van der Waals surface area contributed by atoms with Crippen LogP contribution in [0.1, 0.15) is 20.7 Å². The van der Waals surface area contributed by atoms with E-state index >= 15 is 0 Å². The van der Waals surface area contributed by atoms with Crippen molar-refractivity contribution in [3.63, 3.8) is 0 Å². The number of benzene rings is 1. The minimum Gasteiger partial charge on any atom is -0.478 e. The number of Topliss-reactive ketones (excluding diaryl/α,β-unsaturated/α-hetero) is 1. The molecule has 1 heterocycles. The quantitative estimate of drug-likeness (QED) is 0.875. The van der Waals surface area contributed by atoms with Gasteiger partial charge in [0.1, 0.15) is 0 Å². The third-order valence-corrected chi connectivity index (χ3v) is 2.96. The highest BCUT2D eigenvalue weighted by atomic mass is 35.5. The maximum Gasteiger partial charge on any atom is 0.337 e. The molecule has 0 radical (unpaired) electrons. The van der Waals surface area contributed by atoms with E-state index in [1.807, 2.05) is 0 Å². The number of rotatable bonds is 4. The van der Waals surface area contributed by atoms with Crippen molar-refractivity contribution in [2.75, 3.05) is 0 Å². The fraction of sp³-hybridized carbons (Fsp3) is 0.0714. The fourth-order valence-corrected chi connectivity index (χ4v) is 1.79. The number of hydrogen-bond donors (Lipinski definition) is 1. The third kappa shape index (κ3) is 3.13.